The molecule has 0 bridgehead atoms. The molecule has 22 heavy (non-hydrogen) atoms. The lowest BCUT2D eigenvalue weighted by molar-refractivity contribution is -0.122. The van der Waals surface area contributed by atoms with Crippen molar-refractivity contribution in [3.8, 4) is 0 Å². The lowest BCUT2D eigenvalue weighted by atomic mass is 10.0. The van der Waals surface area contributed by atoms with Crippen molar-refractivity contribution in [2.75, 3.05) is 0 Å². The minimum atomic E-state index is -0.241. The highest BCUT2D eigenvalue weighted by Gasteiger charge is 2.26. The smallest absolute Gasteiger partial charge is 0.238 e. The SMILES string of the molecule is CCC(C)(C)NC(=O)[C@H](Sc1ccccc1)c1ccccc1. The fourth-order valence-electron chi connectivity index (χ4n) is 2.02. The molecule has 116 valence electrons. The third-order valence-corrected chi connectivity index (χ3v) is 4.95. The van der Waals surface area contributed by atoms with Gasteiger partial charge < -0.3 is 5.32 Å². The molecule has 1 atom stereocenters. The standard InChI is InChI=1S/C19H23NOS/c1-4-19(2,3)20-18(21)17(15-11-7-5-8-12-15)22-16-13-9-6-10-14-16/h5-14,17H,4H2,1-3H3,(H,20,21)/t17-/m1/s1. The first-order valence-corrected chi connectivity index (χ1v) is 8.48. The number of nitrogens with one attached hydrogen (secondary N) is 1. The van der Waals surface area contributed by atoms with Crippen LogP contribution in [0.1, 0.15) is 38.0 Å². The van der Waals surface area contributed by atoms with Gasteiger partial charge in [0.1, 0.15) is 5.25 Å². The fraction of sp³-hybridized carbons (Fsp3) is 0.316. The minimum Gasteiger partial charge on any atom is -0.350 e. The average Bonchev–Trinajstić information content (AvgIpc) is 2.54. The molecule has 0 saturated heterocycles. The quantitative estimate of drug-likeness (QED) is 0.774. The first kappa shape index (κ1) is 16.6. The molecule has 0 aliphatic rings. The van der Waals surface area contributed by atoms with Crippen LogP contribution >= 0.6 is 11.8 Å². The normalized spacial score (nSPS) is 12.7. The molecule has 0 saturated carbocycles. The Labute approximate surface area is 137 Å². The van der Waals surface area contributed by atoms with Crippen LogP contribution in [0.3, 0.4) is 0 Å². The van der Waals surface area contributed by atoms with Crippen LogP contribution in [-0.4, -0.2) is 11.4 Å². The van der Waals surface area contributed by atoms with Gasteiger partial charge in [0.25, 0.3) is 0 Å². The summed E-state index contributed by atoms with van der Waals surface area (Å²) in [4.78, 5) is 13.9. The van der Waals surface area contributed by atoms with E-state index in [9.17, 15) is 4.79 Å². The lowest BCUT2D eigenvalue weighted by Crippen LogP contribution is -2.44. The second-order valence-electron chi connectivity index (χ2n) is 5.95. The number of hydrogen-bond acceptors (Lipinski definition) is 2. The van der Waals surface area contributed by atoms with Gasteiger partial charge in [0.05, 0.1) is 0 Å². The van der Waals surface area contributed by atoms with E-state index < -0.39 is 0 Å². The van der Waals surface area contributed by atoms with E-state index >= 15 is 0 Å². The van der Waals surface area contributed by atoms with E-state index in [1.54, 1.807) is 11.8 Å². The summed E-state index contributed by atoms with van der Waals surface area (Å²) in [6, 6.07) is 20.0. The Balaban J connectivity index is 2.24. The monoisotopic (exact) mass is 313 g/mol. The van der Waals surface area contributed by atoms with Gasteiger partial charge in [0.2, 0.25) is 5.91 Å². The summed E-state index contributed by atoms with van der Waals surface area (Å²) in [5, 5.41) is 2.92. The zero-order chi connectivity index (χ0) is 16.0. The Hall–Kier alpha value is -1.74. The van der Waals surface area contributed by atoms with Crippen molar-refractivity contribution in [2.45, 2.75) is 42.9 Å². The zero-order valence-electron chi connectivity index (χ0n) is 13.4. The van der Waals surface area contributed by atoms with Crippen molar-refractivity contribution in [2.24, 2.45) is 0 Å². The van der Waals surface area contributed by atoms with Gasteiger partial charge in [-0.2, -0.15) is 0 Å². The fourth-order valence-corrected chi connectivity index (χ4v) is 3.07. The minimum absolute atomic E-state index is 0.0619. The van der Waals surface area contributed by atoms with Crippen LogP contribution in [0.2, 0.25) is 0 Å². The molecular formula is C19H23NOS. The predicted molar refractivity (Wildman–Crippen MR) is 94.0 cm³/mol. The van der Waals surface area contributed by atoms with Crippen LogP contribution in [0.15, 0.2) is 65.6 Å². The molecule has 2 aromatic rings. The Kier molecular flexibility index (Phi) is 5.67. The molecule has 0 aliphatic heterocycles. The van der Waals surface area contributed by atoms with Gasteiger partial charge in [0, 0.05) is 10.4 Å². The Morgan fingerprint density at radius 2 is 1.59 bits per heavy atom. The van der Waals surface area contributed by atoms with Gasteiger partial charge in [-0.25, -0.2) is 0 Å². The molecule has 2 rings (SSSR count). The van der Waals surface area contributed by atoms with E-state index in [1.807, 2.05) is 60.7 Å². The van der Waals surface area contributed by atoms with Gasteiger partial charge >= 0.3 is 0 Å². The summed E-state index contributed by atoms with van der Waals surface area (Å²) < 4.78 is 0. The third-order valence-electron chi connectivity index (χ3n) is 3.68. The summed E-state index contributed by atoms with van der Waals surface area (Å²) in [5.74, 6) is 0.0619. The van der Waals surface area contributed by atoms with Crippen LogP contribution in [0.5, 0.6) is 0 Å². The van der Waals surface area contributed by atoms with Gasteiger partial charge in [-0.05, 0) is 38.0 Å². The highest BCUT2D eigenvalue weighted by atomic mass is 32.2. The molecule has 0 aliphatic carbocycles. The number of amides is 1. The largest absolute Gasteiger partial charge is 0.350 e. The van der Waals surface area contributed by atoms with Gasteiger partial charge in [0.15, 0.2) is 0 Å². The molecule has 0 fully saturated rings. The van der Waals surface area contributed by atoms with Crippen molar-refractivity contribution in [1.82, 2.24) is 5.32 Å². The third kappa shape index (κ3) is 4.63. The average molecular weight is 313 g/mol. The molecule has 3 heteroatoms. The predicted octanol–water partition coefficient (Wildman–Crippen LogP) is 4.82. The summed E-state index contributed by atoms with van der Waals surface area (Å²) in [6.45, 7) is 6.20. The van der Waals surface area contributed by atoms with E-state index in [0.29, 0.717) is 0 Å². The molecule has 0 heterocycles. The van der Waals surface area contributed by atoms with E-state index in [-0.39, 0.29) is 16.7 Å². The zero-order valence-corrected chi connectivity index (χ0v) is 14.2. The van der Waals surface area contributed by atoms with Gasteiger partial charge in [-0.1, -0.05) is 55.5 Å². The van der Waals surface area contributed by atoms with Crippen LogP contribution in [-0.2, 0) is 4.79 Å². The number of carbonyl (C=O) groups excluding carboxylic acids is 1. The molecule has 0 radical (unpaired) electrons. The Bertz CT molecular complexity index is 595. The topological polar surface area (TPSA) is 29.1 Å². The maximum absolute atomic E-state index is 12.8. The molecule has 1 N–H and O–H groups in total. The second kappa shape index (κ2) is 7.50. The number of thioether (sulfide) groups is 1. The van der Waals surface area contributed by atoms with Crippen LogP contribution in [0.25, 0.3) is 0 Å². The van der Waals surface area contributed by atoms with E-state index in [0.717, 1.165) is 16.9 Å². The highest BCUT2D eigenvalue weighted by Crippen LogP contribution is 2.35. The van der Waals surface area contributed by atoms with Crippen molar-refractivity contribution < 1.29 is 4.79 Å². The highest BCUT2D eigenvalue weighted by molar-refractivity contribution is 8.00. The molecular weight excluding hydrogens is 290 g/mol. The molecule has 1 amide bonds. The van der Waals surface area contributed by atoms with Crippen molar-refractivity contribution in [1.29, 1.82) is 0 Å². The van der Waals surface area contributed by atoms with Crippen LogP contribution in [0, 0.1) is 0 Å². The molecule has 2 aromatic carbocycles. The summed E-state index contributed by atoms with van der Waals surface area (Å²) in [6.07, 6.45) is 0.899. The van der Waals surface area contributed by atoms with Crippen LogP contribution in [0.4, 0.5) is 0 Å². The number of carbonyl (C=O) groups is 1. The molecule has 2 nitrogen and oxygen atoms in total. The lowest BCUT2D eigenvalue weighted by Gasteiger charge is -2.27. The van der Waals surface area contributed by atoms with Crippen molar-refractivity contribution >= 4 is 17.7 Å². The first-order chi connectivity index (χ1) is 10.5. The van der Waals surface area contributed by atoms with Crippen molar-refractivity contribution in [3.63, 3.8) is 0 Å². The Morgan fingerprint density at radius 3 is 2.14 bits per heavy atom. The maximum atomic E-state index is 12.8. The van der Waals surface area contributed by atoms with Gasteiger partial charge in [-0.15, -0.1) is 11.8 Å². The molecule has 0 aromatic heterocycles. The number of benzene rings is 2. The summed E-state index contributed by atoms with van der Waals surface area (Å²) >= 11 is 1.59. The second-order valence-corrected chi connectivity index (χ2v) is 7.13. The van der Waals surface area contributed by atoms with Gasteiger partial charge in [-0.3, -0.25) is 4.79 Å². The van der Waals surface area contributed by atoms with E-state index in [1.165, 1.54) is 0 Å². The van der Waals surface area contributed by atoms with E-state index in [2.05, 4.69) is 26.1 Å². The molecule has 0 spiro atoms. The summed E-state index contributed by atoms with van der Waals surface area (Å²) in [7, 11) is 0. The summed E-state index contributed by atoms with van der Waals surface area (Å²) in [5.41, 5.74) is 0.835. The van der Waals surface area contributed by atoms with Crippen molar-refractivity contribution in [3.05, 3.63) is 66.2 Å². The van der Waals surface area contributed by atoms with Crippen LogP contribution < -0.4 is 5.32 Å². The first-order valence-electron chi connectivity index (χ1n) is 7.60. The number of hydrogen-bond donors (Lipinski definition) is 1. The Morgan fingerprint density at radius 1 is 1.05 bits per heavy atom. The molecule has 0 unspecified atom stereocenters. The van der Waals surface area contributed by atoms with E-state index in [4.69, 9.17) is 0 Å². The number of rotatable bonds is 6. The maximum Gasteiger partial charge on any atom is 0.238 e.